The Morgan fingerprint density at radius 3 is 3.00 bits per heavy atom. The van der Waals surface area contributed by atoms with Crippen molar-refractivity contribution in [1.29, 1.82) is 0 Å². The molecule has 1 fully saturated rings. The SMILES string of the molecule is CC1CN(c2cn[nH]c(=O)c2Cl)CC(C)(C)O1. The molecule has 94 valence electrons. The molecule has 1 aromatic heterocycles. The first-order chi connectivity index (χ1) is 7.89. The van der Waals surface area contributed by atoms with Crippen molar-refractivity contribution >= 4 is 17.3 Å². The number of rotatable bonds is 1. The standard InChI is InChI=1S/C11H16ClN3O2/c1-7-5-15(6-11(2,3)17-7)8-4-13-14-10(16)9(8)12/h4,7H,5-6H2,1-3H3,(H,14,16). The molecule has 0 spiro atoms. The first-order valence-corrected chi connectivity index (χ1v) is 5.93. The number of ether oxygens (including phenoxy) is 1. The zero-order valence-corrected chi connectivity index (χ0v) is 10.9. The summed E-state index contributed by atoms with van der Waals surface area (Å²) in [7, 11) is 0. The predicted molar refractivity (Wildman–Crippen MR) is 66.7 cm³/mol. The first kappa shape index (κ1) is 12.4. The molecule has 1 aliphatic rings. The number of aromatic nitrogens is 2. The van der Waals surface area contributed by atoms with Crippen LogP contribution in [-0.4, -0.2) is 35.0 Å². The molecule has 1 unspecified atom stereocenters. The number of aromatic amines is 1. The van der Waals surface area contributed by atoms with Gasteiger partial charge in [0, 0.05) is 13.1 Å². The molecule has 1 aromatic rings. The van der Waals surface area contributed by atoms with Gasteiger partial charge in [-0.2, -0.15) is 5.10 Å². The van der Waals surface area contributed by atoms with Crippen molar-refractivity contribution in [1.82, 2.24) is 10.2 Å². The minimum atomic E-state index is -0.360. The van der Waals surface area contributed by atoms with Crippen LogP contribution in [0.4, 0.5) is 5.69 Å². The van der Waals surface area contributed by atoms with Crippen LogP contribution in [0.2, 0.25) is 5.02 Å². The van der Waals surface area contributed by atoms with Crippen LogP contribution in [0.3, 0.4) is 0 Å². The number of morpholine rings is 1. The molecule has 6 heteroatoms. The van der Waals surface area contributed by atoms with Crippen LogP contribution in [0.5, 0.6) is 0 Å². The van der Waals surface area contributed by atoms with Crippen molar-refractivity contribution < 1.29 is 4.74 Å². The van der Waals surface area contributed by atoms with Crippen LogP contribution < -0.4 is 10.5 Å². The first-order valence-electron chi connectivity index (χ1n) is 5.55. The second kappa shape index (κ2) is 4.31. The highest BCUT2D eigenvalue weighted by Gasteiger charge is 2.32. The van der Waals surface area contributed by atoms with Gasteiger partial charge < -0.3 is 9.64 Å². The molecule has 17 heavy (non-hydrogen) atoms. The summed E-state index contributed by atoms with van der Waals surface area (Å²) in [5, 5.41) is 6.29. The monoisotopic (exact) mass is 257 g/mol. The second-order valence-corrected chi connectivity index (χ2v) is 5.34. The summed E-state index contributed by atoms with van der Waals surface area (Å²) in [6, 6.07) is 0. The van der Waals surface area contributed by atoms with Gasteiger partial charge in [-0.1, -0.05) is 11.6 Å². The molecule has 0 bridgehead atoms. The summed E-state index contributed by atoms with van der Waals surface area (Å²) in [6.07, 6.45) is 1.67. The lowest BCUT2D eigenvalue weighted by Crippen LogP contribution is -2.52. The van der Waals surface area contributed by atoms with Crippen LogP contribution in [0.25, 0.3) is 0 Å². The Morgan fingerprint density at radius 1 is 1.65 bits per heavy atom. The Labute approximate surface area is 105 Å². The van der Waals surface area contributed by atoms with Gasteiger partial charge in [0.2, 0.25) is 0 Å². The second-order valence-electron chi connectivity index (χ2n) is 4.97. The lowest BCUT2D eigenvalue weighted by atomic mass is 10.1. The molecule has 0 aromatic carbocycles. The molecular weight excluding hydrogens is 242 g/mol. The van der Waals surface area contributed by atoms with Crippen molar-refractivity contribution in [2.24, 2.45) is 0 Å². The topological polar surface area (TPSA) is 58.2 Å². The van der Waals surface area contributed by atoms with E-state index in [0.717, 1.165) is 0 Å². The van der Waals surface area contributed by atoms with Gasteiger partial charge in [0.25, 0.3) is 5.56 Å². The van der Waals surface area contributed by atoms with Gasteiger partial charge in [-0.3, -0.25) is 4.79 Å². The van der Waals surface area contributed by atoms with Gasteiger partial charge >= 0.3 is 0 Å². The third-order valence-corrected chi connectivity index (χ3v) is 3.05. The smallest absolute Gasteiger partial charge is 0.285 e. The third kappa shape index (κ3) is 2.61. The molecule has 0 saturated carbocycles. The minimum absolute atomic E-state index is 0.0918. The van der Waals surface area contributed by atoms with E-state index in [1.54, 1.807) is 6.20 Å². The third-order valence-electron chi connectivity index (χ3n) is 2.69. The molecule has 2 heterocycles. The highest BCUT2D eigenvalue weighted by Crippen LogP contribution is 2.28. The van der Waals surface area contributed by atoms with Crippen LogP contribution in [0.1, 0.15) is 20.8 Å². The molecule has 0 amide bonds. The molecule has 1 atom stereocenters. The lowest BCUT2D eigenvalue weighted by Gasteiger charge is -2.42. The van der Waals surface area contributed by atoms with Crippen LogP contribution in [0.15, 0.2) is 11.0 Å². The highest BCUT2D eigenvalue weighted by atomic mass is 35.5. The number of nitrogens with one attached hydrogen (secondary N) is 1. The number of halogens is 1. The Morgan fingerprint density at radius 2 is 2.35 bits per heavy atom. The number of hydrogen-bond acceptors (Lipinski definition) is 4. The highest BCUT2D eigenvalue weighted by molar-refractivity contribution is 6.33. The molecular formula is C11H16ClN3O2. The Hall–Kier alpha value is -1.07. The quantitative estimate of drug-likeness (QED) is 0.827. The van der Waals surface area contributed by atoms with E-state index in [9.17, 15) is 4.79 Å². The van der Waals surface area contributed by atoms with Crippen molar-refractivity contribution in [2.75, 3.05) is 18.0 Å². The van der Waals surface area contributed by atoms with Crippen molar-refractivity contribution in [3.05, 3.63) is 21.6 Å². The van der Waals surface area contributed by atoms with Crippen LogP contribution >= 0.6 is 11.6 Å². The molecule has 0 aliphatic carbocycles. The lowest BCUT2D eigenvalue weighted by molar-refractivity contribution is -0.0749. The number of H-pyrrole nitrogens is 1. The summed E-state index contributed by atoms with van der Waals surface area (Å²) in [6.45, 7) is 7.42. The number of anilines is 1. The Kier molecular flexibility index (Phi) is 3.14. The predicted octanol–water partition coefficient (Wildman–Crippen LogP) is 1.43. The molecule has 5 nitrogen and oxygen atoms in total. The maximum absolute atomic E-state index is 11.4. The van der Waals surface area contributed by atoms with Gasteiger partial charge in [-0.25, -0.2) is 5.10 Å². The summed E-state index contributed by atoms with van der Waals surface area (Å²) < 4.78 is 5.80. The number of nitrogens with zero attached hydrogens (tertiary/aromatic N) is 2. The summed E-state index contributed by atoms with van der Waals surface area (Å²) >= 11 is 6.00. The maximum Gasteiger partial charge on any atom is 0.285 e. The molecule has 1 saturated heterocycles. The molecule has 1 aliphatic heterocycles. The van der Waals surface area contributed by atoms with Gasteiger partial charge in [0.1, 0.15) is 5.02 Å². The Bertz CT molecular complexity index is 472. The van der Waals surface area contributed by atoms with Crippen molar-refractivity contribution in [3.63, 3.8) is 0 Å². The minimum Gasteiger partial charge on any atom is -0.369 e. The van der Waals surface area contributed by atoms with Gasteiger partial charge in [0.15, 0.2) is 0 Å². The summed E-state index contributed by atoms with van der Waals surface area (Å²) in [5.41, 5.74) is 0.0450. The van der Waals surface area contributed by atoms with E-state index in [4.69, 9.17) is 16.3 Å². The number of hydrogen-bond donors (Lipinski definition) is 1. The van der Waals surface area contributed by atoms with E-state index in [-0.39, 0.29) is 22.3 Å². The largest absolute Gasteiger partial charge is 0.369 e. The Balaban J connectivity index is 2.33. The van der Waals surface area contributed by atoms with Crippen LogP contribution in [-0.2, 0) is 4.74 Å². The average Bonchev–Trinajstić information content (AvgIpc) is 2.19. The summed E-state index contributed by atoms with van der Waals surface area (Å²) in [4.78, 5) is 13.5. The zero-order valence-electron chi connectivity index (χ0n) is 10.2. The van der Waals surface area contributed by atoms with E-state index in [2.05, 4.69) is 10.2 Å². The van der Waals surface area contributed by atoms with Gasteiger partial charge in [-0.05, 0) is 20.8 Å². The van der Waals surface area contributed by atoms with Gasteiger partial charge in [-0.15, -0.1) is 0 Å². The average molecular weight is 258 g/mol. The molecule has 0 radical (unpaired) electrons. The molecule has 1 N–H and O–H groups in total. The fourth-order valence-electron chi connectivity index (χ4n) is 2.23. The van der Waals surface area contributed by atoms with E-state index in [0.29, 0.717) is 18.8 Å². The fourth-order valence-corrected chi connectivity index (χ4v) is 2.44. The molecule has 2 rings (SSSR count). The fraction of sp³-hybridized carbons (Fsp3) is 0.636. The normalized spacial score (nSPS) is 23.8. The van der Waals surface area contributed by atoms with Crippen LogP contribution in [0, 0.1) is 0 Å². The van der Waals surface area contributed by atoms with E-state index >= 15 is 0 Å². The van der Waals surface area contributed by atoms with Crippen molar-refractivity contribution in [2.45, 2.75) is 32.5 Å². The summed E-state index contributed by atoms with van der Waals surface area (Å²) in [5.74, 6) is 0. The van der Waals surface area contributed by atoms with Gasteiger partial charge in [0.05, 0.1) is 23.6 Å². The zero-order chi connectivity index (χ0) is 12.6. The van der Waals surface area contributed by atoms with E-state index < -0.39 is 0 Å². The van der Waals surface area contributed by atoms with Crippen molar-refractivity contribution in [3.8, 4) is 0 Å². The maximum atomic E-state index is 11.4. The van der Waals surface area contributed by atoms with E-state index in [1.807, 2.05) is 25.7 Å². The van der Waals surface area contributed by atoms with E-state index in [1.165, 1.54) is 0 Å².